The molecule has 1 aliphatic heterocycles. The zero-order chi connectivity index (χ0) is 21.7. The molecule has 0 saturated carbocycles. The van der Waals surface area contributed by atoms with E-state index in [0.717, 1.165) is 15.6 Å². The highest BCUT2D eigenvalue weighted by Gasteiger charge is 2.28. The lowest BCUT2D eigenvalue weighted by Gasteiger charge is -2.16. The minimum atomic E-state index is -3.20. The first-order chi connectivity index (χ1) is 15.0. The van der Waals surface area contributed by atoms with E-state index in [4.69, 9.17) is 0 Å². The average Bonchev–Trinajstić information content (AvgIpc) is 3.12. The van der Waals surface area contributed by atoms with Crippen molar-refractivity contribution in [2.45, 2.75) is 16.5 Å². The molecule has 0 bridgehead atoms. The Morgan fingerprint density at radius 3 is 2.55 bits per heavy atom. The molecule has 1 fully saturated rings. The molecule has 0 spiro atoms. The first-order valence-electron chi connectivity index (χ1n) is 9.64. The van der Waals surface area contributed by atoms with E-state index in [1.165, 1.54) is 22.1 Å². The van der Waals surface area contributed by atoms with E-state index < -0.39 is 10.0 Å². The standard InChI is InChI=1S/C22H20N4O3S2/c27-20(25-18-11-13-24-22(16-18)30-21-4-1-2-12-23-21)10-7-17-5-8-19(9-6-17)26-14-3-15-31(26,28)29/h1-2,4-13,16H,3,14-15H2,(H,24,25,27)/b10-7+. The summed E-state index contributed by atoms with van der Waals surface area (Å²) in [6, 6.07) is 16.3. The Labute approximate surface area is 185 Å². The third kappa shape index (κ3) is 5.50. The van der Waals surface area contributed by atoms with Gasteiger partial charge in [-0.1, -0.05) is 30.0 Å². The molecule has 158 valence electrons. The molecule has 1 aliphatic rings. The number of anilines is 2. The molecule has 0 unspecified atom stereocenters. The van der Waals surface area contributed by atoms with Crippen molar-refractivity contribution >= 4 is 45.1 Å². The normalized spacial score (nSPS) is 15.3. The third-order valence-electron chi connectivity index (χ3n) is 4.56. The molecule has 4 rings (SSSR count). The molecule has 31 heavy (non-hydrogen) atoms. The van der Waals surface area contributed by atoms with Gasteiger partial charge in [0, 0.05) is 30.7 Å². The zero-order valence-corrected chi connectivity index (χ0v) is 18.1. The van der Waals surface area contributed by atoms with Crippen LogP contribution in [0.1, 0.15) is 12.0 Å². The predicted octanol–water partition coefficient (Wildman–Crippen LogP) is 3.82. The lowest BCUT2D eigenvalue weighted by Crippen LogP contribution is -2.24. The second kappa shape index (κ2) is 9.32. The van der Waals surface area contributed by atoms with Crippen molar-refractivity contribution in [2.75, 3.05) is 21.9 Å². The number of sulfonamides is 1. The van der Waals surface area contributed by atoms with Crippen LogP contribution in [0.4, 0.5) is 11.4 Å². The summed E-state index contributed by atoms with van der Waals surface area (Å²) >= 11 is 1.41. The summed E-state index contributed by atoms with van der Waals surface area (Å²) in [6.07, 6.45) is 7.11. The van der Waals surface area contributed by atoms with Crippen molar-refractivity contribution in [1.29, 1.82) is 0 Å². The smallest absolute Gasteiger partial charge is 0.248 e. The molecule has 1 saturated heterocycles. The second-order valence-electron chi connectivity index (χ2n) is 6.81. The topological polar surface area (TPSA) is 92.3 Å². The van der Waals surface area contributed by atoms with Crippen molar-refractivity contribution in [3.8, 4) is 0 Å². The van der Waals surface area contributed by atoms with Crippen LogP contribution in [-0.4, -0.2) is 36.6 Å². The summed E-state index contributed by atoms with van der Waals surface area (Å²) in [7, 11) is -3.20. The molecule has 0 atom stereocenters. The van der Waals surface area contributed by atoms with Gasteiger partial charge in [0.2, 0.25) is 15.9 Å². The summed E-state index contributed by atoms with van der Waals surface area (Å²) < 4.78 is 25.5. The van der Waals surface area contributed by atoms with Crippen LogP contribution in [0.25, 0.3) is 6.08 Å². The van der Waals surface area contributed by atoms with Crippen LogP contribution in [0.15, 0.2) is 83.1 Å². The van der Waals surface area contributed by atoms with Crippen molar-refractivity contribution in [1.82, 2.24) is 9.97 Å². The maximum Gasteiger partial charge on any atom is 0.248 e. The van der Waals surface area contributed by atoms with Crippen LogP contribution in [0.2, 0.25) is 0 Å². The molecule has 0 aliphatic carbocycles. The first-order valence-corrected chi connectivity index (χ1v) is 12.1. The Bertz CT molecular complexity index is 1200. The third-order valence-corrected chi connectivity index (χ3v) is 7.31. The molecule has 1 N–H and O–H groups in total. The fourth-order valence-electron chi connectivity index (χ4n) is 3.09. The monoisotopic (exact) mass is 452 g/mol. The van der Waals surface area contributed by atoms with Gasteiger partial charge in [0.25, 0.3) is 0 Å². The molecule has 2 aromatic heterocycles. The van der Waals surface area contributed by atoms with E-state index in [0.29, 0.717) is 24.3 Å². The molecule has 0 radical (unpaired) electrons. The van der Waals surface area contributed by atoms with E-state index in [2.05, 4.69) is 15.3 Å². The van der Waals surface area contributed by atoms with E-state index in [-0.39, 0.29) is 11.7 Å². The Kier molecular flexibility index (Phi) is 6.34. The quantitative estimate of drug-likeness (QED) is 0.572. The summed E-state index contributed by atoms with van der Waals surface area (Å²) in [5.41, 5.74) is 2.09. The van der Waals surface area contributed by atoms with E-state index in [9.17, 15) is 13.2 Å². The lowest BCUT2D eigenvalue weighted by atomic mass is 10.2. The minimum Gasteiger partial charge on any atom is -0.322 e. The highest BCUT2D eigenvalue weighted by molar-refractivity contribution is 7.99. The second-order valence-corrected chi connectivity index (χ2v) is 9.86. The van der Waals surface area contributed by atoms with Gasteiger partial charge < -0.3 is 5.32 Å². The average molecular weight is 453 g/mol. The summed E-state index contributed by atoms with van der Waals surface area (Å²) in [6.45, 7) is 0.506. The SMILES string of the molecule is O=C(/C=C/c1ccc(N2CCCS2(=O)=O)cc1)Nc1ccnc(Sc2ccccn2)c1. The number of nitrogens with one attached hydrogen (secondary N) is 1. The van der Waals surface area contributed by atoms with Crippen molar-refractivity contribution in [2.24, 2.45) is 0 Å². The Hall–Kier alpha value is -3.17. The lowest BCUT2D eigenvalue weighted by molar-refractivity contribution is -0.111. The minimum absolute atomic E-state index is 0.186. The fraction of sp³-hybridized carbons (Fsp3) is 0.136. The van der Waals surface area contributed by atoms with Crippen molar-refractivity contribution in [3.63, 3.8) is 0 Å². The van der Waals surface area contributed by atoms with Crippen LogP contribution in [0.5, 0.6) is 0 Å². The zero-order valence-electron chi connectivity index (χ0n) is 16.5. The molecular formula is C22H20N4O3S2. The van der Waals surface area contributed by atoms with Crippen molar-refractivity contribution in [3.05, 3.63) is 78.6 Å². The molecule has 3 heterocycles. The highest BCUT2D eigenvalue weighted by Crippen LogP contribution is 2.26. The van der Waals surface area contributed by atoms with E-state index in [1.54, 1.807) is 54.9 Å². The maximum absolute atomic E-state index is 12.3. The number of aromatic nitrogens is 2. The van der Waals surface area contributed by atoms with Gasteiger partial charge in [-0.05, 0) is 54.5 Å². The van der Waals surface area contributed by atoms with Crippen LogP contribution < -0.4 is 9.62 Å². The number of carbonyl (C=O) groups is 1. The number of benzene rings is 1. The van der Waals surface area contributed by atoms with Gasteiger partial charge in [-0.15, -0.1) is 0 Å². The van der Waals surface area contributed by atoms with Gasteiger partial charge >= 0.3 is 0 Å². The van der Waals surface area contributed by atoms with Gasteiger partial charge in [-0.3, -0.25) is 9.10 Å². The van der Waals surface area contributed by atoms with Gasteiger partial charge in [0.05, 0.1) is 11.4 Å². The van der Waals surface area contributed by atoms with Crippen LogP contribution in [-0.2, 0) is 14.8 Å². The largest absolute Gasteiger partial charge is 0.322 e. The number of nitrogens with zero attached hydrogens (tertiary/aromatic N) is 3. The molecule has 1 aromatic carbocycles. The van der Waals surface area contributed by atoms with Gasteiger partial charge in [-0.2, -0.15) is 0 Å². The Morgan fingerprint density at radius 1 is 1.03 bits per heavy atom. The number of rotatable bonds is 6. The summed E-state index contributed by atoms with van der Waals surface area (Å²) in [5, 5.41) is 4.37. The van der Waals surface area contributed by atoms with E-state index in [1.807, 2.05) is 18.2 Å². The molecule has 3 aromatic rings. The summed E-state index contributed by atoms with van der Waals surface area (Å²) in [4.78, 5) is 20.8. The number of carbonyl (C=O) groups excluding carboxylic acids is 1. The number of pyridine rings is 2. The van der Waals surface area contributed by atoms with Crippen molar-refractivity contribution < 1.29 is 13.2 Å². The number of amides is 1. The molecular weight excluding hydrogens is 432 g/mol. The van der Waals surface area contributed by atoms with E-state index >= 15 is 0 Å². The van der Waals surface area contributed by atoms with Gasteiger partial charge in [0.15, 0.2) is 0 Å². The Morgan fingerprint density at radius 2 is 1.84 bits per heavy atom. The van der Waals surface area contributed by atoms with Crippen LogP contribution in [0.3, 0.4) is 0 Å². The first kappa shape index (κ1) is 21.1. The van der Waals surface area contributed by atoms with Crippen LogP contribution >= 0.6 is 11.8 Å². The number of hydrogen-bond acceptors (Lipinski definition) is 6. The number of hydrogen-bond donors (Lipinski definition) is 1. The molecule has 1 amide bonds. The molecule has 7 nitrogen and oxygen atoms in total. The molecule has 9 heteroatoms. The fourth-order valence-corrected chi connectivity index (χ4v) is 5.43. The Balaban J connectivity index is 1.37. The van der Waals surface area contributed by atoms with Gasteiger partial charge in [0.1, 0.15) is 10.1 Å². The highest BCUT2D eigenvalue weighted by atomic mass is 32.2. The summed E-state index contributed by atoms with van der Waals surface area (Å²) in [5.74, 6) is -0.0856. The van der Waals surface area contributed by atoms with Crippen LogP contribution in [0, 0.1) is 0 Å². The predicted molar refractivity (Wildman–Crippen MR) is 122 cm³/mol. The van der Waals surface area contributed by atoms with Gasteiger partial charge in [-0.25, -0.2) is 18.4 Å². The maximum atomic E-state index is 12.3.